The molecule has 100 valence electrons. The molecule has 1 rings (SSSR count). The highest BCUT2D eigenvalue weighted by molar-refractivity contribution is 5.67. The van der Waals surface area contributed by atoms with E-state index in [0.717, 1.165) is 19.3 Å². The molecule has 1 aromatic carbocycles. The summed E-state index contributed by atoms with van der Waals surface area (Å²) in [6, 6.07) is 7.28. The van der Waals surface area contributed by atoms with E-state index in [1.807, 2.05) is 12.1 Å². The molecular weight excluding hydrogens is 232 g/mol. The number of rotatable bonds is 7. The molecule has 0 fully saturated rings. The van der Waals surface area contributed by atoms with Crippen LogP contribution in [0.3, 0.4) is 0 Å². The van der Waals surface area contributed by atoms with Crippen LogP contribution in [-0.4, -0.2) is 27.4 Å². The van der Waals surface area contributed by atoms with E-state index in [-0.39, 0.29) is 0 Å². The normalized spacial score (nSPS) is 14.2. The summed E-state index contributed by atoms with van der Waals surface area (Å²) in [5.41, 5.74) is 1.73. The molecule has 0 amide bonds. The lowest BCUT2D eigenvalue weighted by molar-refractivity contribution is -0.141. The van der Waals surface area contributed by atoms with Crippen molar-refractivity contribution in [3.63, 3.8) is 0 Å². The average molecular weight is 252 g/mol. The zero-order chi connectivity index (χ0) is 13.5. The van der Waals surface area contributed by atoms with E-state index in [1.54, 1.807) is 12.1 Å². The summed E-state index contributed by atoms with van der Waals surface area (Å²) in [6.45, 7) is 2.13. The van der Waals surface area contributed by atoms with Crippen LogP contribution in [0.25, 0.3) is 0 Å². The predicted molar refractivity (Wildman–Crippen MR) is 68.3 cm³/mol. The Morgan fingerprint density at radius 2 is 1.83 bits per heavy atom. The standard InChI is InChI=1S/C14H20O4/c1-2-3-4-10-5-7-11(8-6-10)14(18)12(15)9-13(16)17/h5-8,12,14-15,18H,2-4,9H2,1H3,(H,16,17). The second kappa shape index (κ2) is 7.13. The zero-order valence-corrected chi connectivity index (χ0v) is 10.5. The number of carboxylic acids is 1. The molecule has 0 aliphatic rings. The SMILES string of the molecule is CCCCc1ccc(C(O)C(O)CC(=O)O)cc1. The van der Waals surface area contributed by atoms with Gasteiger partial charge in [0.15, 0.2) is 0 Å². The van der Waals surface area contributed by atoms with Gasteiger partial charge in [0.25, 0.3) is 0 Å². The molecule has 4 nitrogen and oxygen atoms in total. The molecule has 2 atom stereocenters. The molecule has 4 heteroatoms. The first-order valence-electron chi connectivity index (χ1n) is 6.21. The van der Waals surface area contributed by atoms with Crippen LogP contribution in [0.15, 0.2) is 24.3 Å². The van der Waals surface area contributed by atoms with E-state index in [2.05, 4.69) is 6.92 Å². The van der Waals surface area contributed by atoms with Crippen LogP contribution in [0.2, 0.25) is 0 Å². The minimum absolute atomic E-state index is 0.460. The number of hydrogen-bond acceptors (Lipinski definition) is 3. The summed E-state index contributed by atoms with van der Waals surface area (Å²) >= 11 is 0. The second-order valence-electron chi connectivity index (χ2n) is 4.46. The first-order chi connectivity index (χ1) is 8.54. The van der Waals surface area contributed by atoms with Gasteiger partial charge in [0.1, 0.15) is 6.10 Å². The fourth-order valence-electron chi connectivity index (χ4n) is 1.78. The van der Waals surface area contributed by atoms with Gasteiger partial charge in [-0.3, -0.25) is 4.79 Å². The van der Waals surface area contributed by atoms with Crippen LogP contribution in [0, 0.1) is 0 Å². The Hall–Kier alpha value is -1.39. The van der Waals surface area contributed by atoms with Crippen molar-refractivity contribution >= 4 is 5.97 Å². The molecule has 18 heavy (non-hydrogen) atoms. The van der Waals surface area contributed by atoms with Crippen LogP contribution in [0.5, 0.6) is 0 Å². The Labute approximate surface area is 107 Å². The van der Waals surface area contributed by atoms with Gasteiger partial charge >= 0.3 is 5.97 Å². The topological polar surface area (TPSA) is 77.8 Å². The Morgan fingerprint density at radius 3 is 2.33 bits per heavy atom. The van der Waals surface area contributed by atoms with Crippen molar-refractivity contribution in [1.82, 2.24) is 0 Å². The van der Waals surface area contributed by atoms with Gasteiger partial charge in [0, 0.05) is 0 Å². The first-order valence-corrected chi connectivity index (χ1v) is 6.21. The van der Waals surface area contributed by atoms with Crippen molar-refractivity contribution in [1.29, 1.82) is 0 Å². The molecule has 0 aromatic heterocycles. The summed E-state index contributed by atoms with van der Waals surface area (Å²) in [6.07, 6.45) is 0.347. The highest BCUT2D eigenvalue weighted by Crippen LogP contribution is 2.20. The maximum Gasteiger partial charge on any atom is 0.306 e. The third-order valence-corrected chi connectivity index (χ3v) is 2.89. The molecule has 3 N–H and O–H groups in total. The predicted octanol–water partition coefficient (Wildman–Crippen LogP) is 1.90. The van der Waals surface area contributed by atoms with Crippen molar-refractivity contribution in [2.24, 2.45) is 0 Å². The minimum atomic E-state index is -1.27. The Bertz CT molecular complexity index is 372. The largest absolute Gasteiger partial charge is 0.481 e. The third-order valence-electron chi connectivity index (χ3n) is 2.89. The van der Waals surface area contributed by atoms with Gasteiger partial charge in [0.05, 0.1) is 12.5 Å². The van der Waals surface area contributed by atoms with Crippen LogP contribution in [-0.2, 0) is 11.2 Å². The van der Waals surface area contributed by atoms with E-state index >= 15 is 0 Å². The fraction of sp³-hybridized carbons (Fsp3) is 0.500. The van der Waals surface area contributed by atoms with E-state index in [1.165, 1.54) is 5.56 Å². The number of hydrogen-bond donors (Lipinski definition) is 3. The summed E-state index contributed by atoms with van der Waals surface area (Å²) in [7, 11) is 0. The lowest BCUT2D eigenvalue weighted by Crippen LogP contribution is -2.21. The van der Waals surface area contributed by atoms with Gasteiger partial charge in [-0.1, -0.05) is 37.6 Å². The van der Waals surface area contributed by atoms with E-state index in [9.17, 15) is 15.0 Å². The zero-order valence-electron chi connectivity index (χ0n) is 10.5. The smallest absolute Gasteiger partial charge is 0.306 e. The van der Waals surface area contributed by atoms with Gasteiger partial charge in [0.2, 0.25) is 0 Å². The van der Waals surface area contributed by atoms with Crippen LogP contribution in [0.4, 0.5) is 0 Å². The highest BCUT2D eigenvalue weighted by atomic mass is 16.4. The molecule has 1 aromatic rings. The molecule has 0 saturated heterocycles. The van der Waals surface area contributed by atoms with Crippen molar-refractivity contribution in [3.8, 4) is 0 Å². The number of aliphatic carboxylic acids is 1. The average Bonchev–Trinajstić information content (AvgIpc) is 2.35. The number of benzene rings is 1. The van der Waals surface area contributed by atoms with Gasteiger partial charge in [-0.2, -0.15) is 0 Å². The molecule has 2 unspecified atom stereocenters. The maximum absolute atomic E-state index is 10.4. The Kier molecular flexibility index (Phi) is 5.82. The van der Waals surface area contributed by atoms with E-state index < -0.39 is 24.6 Å². The van der Waals surface area contributed by atoms with Crippen LogP contribution < -0.4 is 0 Å². The molecule has 0 saturated carbocycles. The number of carboxylic acid groups (broad SMARTS) is 1. The fourth-order valence-corrected chi connectivity index (χ4v) is 1.78. The maximum atomic E-state index is 10.4. The number of aryl methyl sites for hydroxylation is 1. The van der Waals surface area contributed by atoms with Gasteiger partial charge in [-0.05, 0) is 24.0 Å². The van der Waals surface area contributed by atoms with Crippen molar-refractivity contribution in [3.05, 3.63) is 35.4 Å². The van der Waals surface area contributed by atoms with Crippen molar-refractivity contribution in [2.75, 3.05) is 0 Å². The molecule has 0 bridgehead atoms. The number of carbonyl (C=O) groups is 1. The molecule has 0 heterocycles. The summed E-state index contributed by atoms with van der Waals surface area (Å²) < 4.78 is 0. The molecule has 0 spiro atoms. The molecule has 0 aliphatic heterocycles. The second-order valence-corrected chi connectivity index (χ2v) is 4.46. The molecule has 0 aliphatic carbocycles. The van der Waals surface area contributed by atoms with Crippen LogP contribution >= 0.6 is 0 Å². The van der Waals surface area contributed by atoms with E-state index in [4.69, 9.17) is 5.11 Å². The van der Waals surface area contributed by atoms with Crippen molar-refractivity contribution < 1.29 is 20.1 Å². The number of unbranched alkanes of at least 4 members (excludes halogenated alkanes) is 1. The summed E-state index contributed by atoms with van der Waals surface area (Å²) in [4.78, 5) is 10.4. The van der Waals surface area contributed by atoms with E-state index in [0.29, 0.717) is 5.56 Å². The van der Waals surface area contributed by atoms with Crippen LogP contribution in [0.1, 0.15) is 43.4 Å². The lowest BCUT2D eigenvalue weighted by atomic mass is 9.99. The Morgan fingerprint density at radius 1 is 1.22 bits per heavy atom. The quantitative estimate of drug-likeness (QED) is 0.692. The third kappa shape index (κ3) is 4.47. The first kappa shape index (κ1) is 14.7. The van der Waals surface area contributed by atoms with Gasteiger partial charge in [-0.15, -0.1) is 0 Å². The van der Waals surface area contributed by atoms with Gasteiger partial charge in [-0.25, -0.2) is 0 Å². The number of aliphatic hydroxyl groups is 2. The summed E-state index contributed by atoms with van der Waals surface area (Å²) in [5, 5.41) is 27.9. The van der Waals surface area contributed by atoms with Gasteiger partial charge < -0.3 is 15.3 Å². The number of aliphatic hydroxyl groups excluding tert-OH is 2. The monoisotopic (exact) mass is 252 g/mol. The Balaban J connectivity index is 2.63. The van der Waals surface area contributed by atoms with Crippen molar-refractivity contribution in [2.45, 2.75) is 44.8 Å². The minimum Gasteiger partial charge on any atom is -0.481 e. The molecule has 0 radical (unpaired) electrons. The molecular formula is C14H20O4. The lowest BCUT2D eigenvalue weighted by Gasteiger charge is -2.16. The summed E-state index contributed by atoms with van der Waals surface area (Å²) in [5.74, 6) is -1.12. The highest BCUT2D eigenvalue weighted by Gasteiger charge is 2.20.